The van der Waals surface area contributed by atoms with Gasteiger partial charge < -0.3 is 0 Å². The molecule has 0 saturated heterocycles. The van der Waals surface area contributed by atoms with Gasteiger partial charge in [0.25, 0.3) is 0 Å². The van der Waals surface area contributed by atoms with Crippen molar-refractivity contribution in [1.82, 2.24) is 15.0 Å². The van der Waals surface area contributed by atoms with Gasteiger partial charge in [-0.15, -0.1) is 0 Å². The summed E-state index contributed by atoms with van der Waals surface area (Å²) in [5, 5.41) is 2.31. The van der Waals surface area contributed by atoms with Gasteiger partial charge in [0.05, 0.1) is 17.1 Å². The molecular formula is C65H49N3. The summed E-state index contributed by atoms with van der Waals surface area (Å²) in [5.74, 6) is 0. The second kappa shape index (κ2) is 19.5. The third-order valence-electron chi connectivity index (χ3n) is 13.0. The van der Waals surface area contributed by atoms with E-state index in [2.05, 4.69) is 225 Å². The molecule has 3 aromatic heterocycles. The van der Waals surface area contributed by atoms with E-state index >= 15 is 0 Å². The van der Waals surface area contributed by atoms with Gasteiger partial charge in [0.15, 0.2) is 0 Å². The molecule has 0 fully saturated rings. The summed E-state index contributed by atoms with van der Waals surface area (Å²) in [5.41, 5.74) is 20.9. The van der Waals surface area contributed by atoms with E-state index in [-0.39, 0.29) is 0 Å². The van der Waals surface area contributed by atoms with E-state index in [1.165, 1.54) is 66.6 Å². The molecule has 68 heavy (non-hydrogen) atoms. The number of rotatable bonds is 13. The number of fused-ring (bicyclic) bond motifs is 1. The maximum Gasteiger partial charge on any atom is 0.0780 e. The van der Waals surface area contributed by atoms with Crippen molar-refractivity contribution in [3.8, 4) is 78.3 Å². The summed E-state index contributed by atoms with van der Waals surface area (Å²) in [6, 6.07) is 82.4. The number of hydrogen-bond donors (Lipinski definition) is 0. The zero-order chi connectivity index (χ0) is 45.5. The molecule has 3 heterocycles. The molecule has 0 bridgehead atoms. The molecule has 3 nitrogen and oxygen atoms in total. The summed E-state index contributed by atoms with van der Waals surface area (Å²) in [6.07, 6.45) is 9.75. The van der Waals surface area contributed by atoms with Crippen molar-refractivity contribution < 1.29 is 0 Å². The van der Waals surface area contributed by atoms with Crippen LogP contribution in [0.3, 0.4) is 0 Å². The molecule has 0 unspecified atom stereocenters. The van der Waals surface area contributed by atoms with Crippen LogP contribution in [0.25, 0.3) is 89.1 Å². The number of pyridine rings is 3. The van der Waals surface area contributed by atoms with Gasteiger partial charge >= 0.3 is 0 Å². The van der Waals surface area contributed by atoms with Crippen LogP contribution in [0.1, 0.15) is 22.3 Å². The summed E-state index contributed by atoms with van der Waals surface area (Å²) < 4.78 is 0. The summed E-state index contributed by atoms with van der Waals surface area (Å²) in [7, 11) is 0. The first-order valence-corrected chi connectivity index (χ1v) is 23.6. The minimum atomic E-state index is 0.897. The van der Waals surface area contributed by atoms with Crippen LogP contribution >= 0.6 is 0 Å². The van der Waals surface area contributed by atoms with Crippen LogP contribution in [0.2, 0.25) is 0 Å². The Kier molecular flexibility index (Phi) is 12.1. The van der Waals surface area contributed by atoms with Gasteiger partial charge in [-0.25, -0.2) is 0 Å². The van der Waals surface area contributed by atoms with Crippen LogP contribution in [0.15, 0.2) is 249 Å². The van der Waals surface area contributed by atoms with Gasteiger partial charge in [-0.05, 0) is 110 Å². The second-order valence-electron chi connectivity index (χ2n) is 17.5. The quantitative estimate of drug-likeness (QED) is 0.116. The summed E-state index contributed by atoms with van der Waals surface area (Å²) in [4.78, 5) is 15.0. The van der Waals surface area contributed by atoms with Crippen molar-refractivity contribution in [2.24, 2.45) is 0 Å². The Bertz CT molecular complexity index is 3350. The first-order chi connectivity index (χ1) is 33.7. The molecule has 0 aliphatic carbocycles. The highest BCUT2D eigenvalue weighted by atomic mass is 14.7. The topological polar surface area (TPSA) is 38.7 Å². The molecule has 0 aliphatic heterocycles. The maximum absolute atomic E-state index is 5.28. The monoisotopic (exact) mass is 871 g/mol. The van der Waals surface area contributed by atoms with E-state index in [9.17, 15) is 0 Å². The van der Waals surface area contributed by atoms with Crippen LogP contribution < -0.4 is 0 Å². The fraction of sp³-hybridized carbons (Fsp3) is 0.0615. The summed E-state index contributed by atoms with van der Waals surface area (Å²) >= 11 is 0. The van der Waals surface area contributed by atoms with E-state index in [4.69, 9.17) is 15.0 Å². The van der Waals surface area contributed by atoms with Crippen molar-refractivity contribution in [2.75, 3.05) is 0 Å². The van der Waals surface area contributed by atoms with E-state index in [0.29, 0.717) is 0 Å². The van der Waals surface area contributed by atoms with E-state index < -0.39 is 0 Å². The highest BCUT2D eigenvalue weighted by Gasteiger charge is 2.16. The number of aromatic nitrogens is 3. The standard InChI is InChI=1S/C65H49N3/c1-4-15-50(16-5-1)51-33-35-52(36-34-51)55-21-14-22-56(42-55)65-61-26-13-12-25-60(61)62(45-68-65)59-24-11-10-23-58(59)57-40-48(29-27-46-31-37-63(66-43-46)53-17-6-2-7-18-53)39-49(41-57)30-28-47-32-38-64(67-44-47)54-19-8-3-9-20-54/h1-26,31-45H,27-30H2. The van der Waals surface area contributed by atoms with E-state index in [0.717, 1.165) is 70.4 Å². The molecular weight excluding hydrogens is 823 g/mol. The van der Waals surface area contributed by atoms with Gasteiger partial charge in [0.1, 0.15) is 0 Å². The van der Waals surface area contributed by atoms with E-state index in [1.54, 1.807) is 0 Å². The molecule has 3 heteroatoms. The molecule has 8 aromatic carbocycles. The first-order valence-electron chi connectivity index (χ1n) is 23.6. The van der Waals surface area contributed by atoms with Gasteiger partial charge in [-0.3, -0.25) is 15.0 Å². The lowest BCUT2D eigenvalue weighted by molar-refractivity contribution is 0.923. The second-order valence-corrected chi connectivity index (χ2v) is 17.5. The van der Waals surface area contributed by atoms with E-state index in [1.807, 2.05) is 24.5 Å². The van der Waals surface area contributed by atoms with Crippen molar-refractivity contribution >= 4 is 10.8 Å². The molecule has 11 rings (SSSR count). The number of hydrogen-bond acceptors (Lipinski definition) is 3. The number of aryl methyl sites for hydroxylation is 4. The minimum Gasteiger partial charge on any atom is -0.256 e. The fourth-order valence-electron chi connectivity index (χ4n) is 9.43. The SMILES string of the molecule is c1ccc(-c2ccc(-c3cccc(-c4ncc(-c5ccccc5-c5cc(CCc6ccc(-c7ccccc7)nc6)cc(CCc6ccc(-c7ccccc7)nc6)c5)c5ccccc45)c3)cc2)cc1. The zero-order valence-electron chi connectivity index (χ0n) is 37.8. The Labute approximate surface area is 399 Å². The number of benzene rings is 8. The number of nitrogens with zero attached hydrogens (tertiary/aromatic N) is 3. The highest BCUT2D eigenvalue weighted by molar-refractivity contribution is 6.05. The van der Waals surface area contributed by atoms with Crippen molar-refractivity contribution in [3.05, 3.63) is 271 Å². The molecule has 0 atom stereocenters. The molecule has 11 aromatic rings. The van der Waals surface area contributed by atoms with Gasteiger partial charge in [-0.1, -0.05) is 212 Å². The third-order valence-corrected chi connectivity index (χ3v) is 13.0. The molecule has 0 saturated carbocycles. The van der Waals surface area contributed by atoms with Crippen molar-refractivity contribution in [1.29, 1.82) is 0 Å². The average Bonchev–Trinajstić information content (AvgIpc) is 3.42. The third kappa shape index (κ3) is 9.29. The normalized spacial score (nSPS) is 11.2. The lowest BCUT2D eigenvalue weighted by Crippen LogP contribution is -1.99. The maximum atomic E-state index is 5.28. The fourth-order valence-corrected chi connectivity index (χ4v) is 9.43. The first kappa shape index (κ1) is 42.1. The molecule has 0 N–H and O–H groups in total. The molecule has 0 aliphatic rings. The summed E-state index contributed by atoms with van der Waals surface area (Å²) in [6.45, 7) is 0. The van der Waals surface area contributed by atoms with Gasteiger partial charge in [0.2, 0.25) is 0 Å². The highest BCUT2D eigenvalue weighted by Crippen LogP contribution is 2.40. The smallest absolute Gasteiger partial charge is 0.0780 e. The van der Waals surface area contributed by atoms with Crippen molar-refractivity contribution in [3.63, 3.8) is 0 Å². The lowest BCUT2D eigenvalue weighted by Gasteiger charge is -2.17. The van der Waals surface area contributed by atoms with Gasteiger partial charge in [0, 0.05) is 46.2 Å². The predicted molar refractivity (Wildman–Crippen MR) is 283 cm³/mol. The largest absolute Gasteiger partial charge is 0.256 e. The lowest BCUT2D eigenvalue weighted by atomic mass is 9.89. The molecule has 0 radical (unpaired) electrons. The van der Waals surface area contributed by atoms with Crippen LogP contribution in [-0.4, -0.2) is 15.0 Å². The average molecular weight is 872 g/mol. The molecule has 0 spiro atoms. The Balaban J connectivity index is 0.916. The van der Waals surface area contributed by atoms with Crippen LogP contribution in [0, 0.1) is 0 Å². The van der Waals surface area contributed by atoms with Crippen LogP contribution in [-0.2, 0) is 25.7 Å². The molecule has 0 amide bonds. The van der Waals surface area contributed by atoms with Crippen molar-refractivity contribution in [2.45, 2.75) is 25.7 Å². The Morgan fingerprint density at radius 2 is 0.691 bits per heavy atom. The van der Waals surface area contributed by atoms with Crippen LogP contribution in [0.5, 0.6) is 0 Å². The Hall–Kier alpha value is -8.53. The molecule has 324 valence electrons. The minimum absolute atomic E-state index is 0.897. The Morgan fingerprint density at radius 1 is 0.235 bits per heavy atom. The predicted octanol–water partition coefficient (Wildman–Crippen LogP) is 16.3. The zero-order valence-corrected chi connectivity index (χ0v) is 37.8. The Morgan fingerprint density at radius 3 is 1.26 bits per heavy atom. The van der Waals surface area contributed by atoms with Crippen LogP contribution in [0.4, 0.5) is 0 Å². The van der Waals surface area contributed by atoms with Gasteiger partial charge in [-0.2, -0.15) is 0 Å².